The molecule has 0 saturated carbocycles. The van der Waals surface area contributed by atoms with E-state index in [1.165, 1.54) is 0 Å². The summed E-state index contributed by atoms with van der Waals surface area (Å²) in [5.74, 6) is 0. The molecule has 0 heterocycles. The standard InChI is InChI=1S/C6H6N.2CH3.Co/c7-6-4-2-1-3-5-6;;;/h1-5,7H;2*1H3;/q3*-1;+3. The predicted octanol–water partition coefficient (Wildman–Crippen LogP) is 3.27. The van der Waals surface area contributed by atoms with Crippen molar-refractivity contribution in [2.24, 2.45) is 0 Å². The molecule has 0 aliphatic heterocycles. The van der Waals surface area contributed by atoms with E-state index in [1.54, 1.807) is 12.1 Å². The zero-order valence-electron chi connectivity index (χ0n) is 6.22. The van der Waals surface area contributed by atoms with Crippen LogP contribution in [0, 0.1) is 14.9 Å². The first-order valence-electron chi connectivity index (χ1n) is 2.16. The second kappa shape index (κ2) is 8.53. The van der Waals surface area contributed by atoms with Gasteiger partial charge in [0.05, 0.1) is 0 Å². The van der Waals surface area contributed by atoms with E-state index in [0.717, 1.165) is 0 Å². The smallest absolute Gasteiger partial charge is 0.699 e. The Morgan fingerprint density at radius 1 is 0.900 bits per heavy atom. The van der Waals surface area contributed by atoms with E-state index in [9.17, 15) is 0 Å². The van der Waals surface area contributed by atoms with Crippen LogP contribution in [0.5, 0.6) is 0 Å². The summed E-state index contributed by atoms with van der Waals surface area (Å²) >= 11 is 0. The second-order valence-electron chi connectivity index (χ2n) is 1.37. The van der Waals surface area contributed by atoms with Crippen LogP contribution in [0.1, 0.15) is 0 Å². The van der Waals surface area contributed by atoms with Gasteiger partial charge in [-0.15, -0.1) is 5.69 Å². The molecular formula is C8H12CoN. The SMILES string of the molecule is [CH3-].[CH3-].[Co+3].[NH-]c1ccccc1. The molecule has 0 bridgehead atoms. The first-order valence-corrected chi connectivity index (χ1v) is 2.16. The van der Waals surface area contributed by atoms with E-state index in [1.807, 2.05) is 18.2 Å². The fourth-order valence-electron chi connectivity index (χ4n) is 0.438. The van der Waals surface area contributed by atoms with Gasteiger partial charge in [-0.05, 0) is 0 Å². The Kier molecular flexibility index (Phi) is 13.9. The van der Waals surface area contributed by atoms with Gasteiger partial charge in [0, 0.05) is 0 Å². The van der Waals surface area contributed by atoms with Crippen molar-refractivity contribution in [3.8, 4) is 0 Å². The Morgan fingerprint density at radius 2 is 1.30 bits per heavy atom. The molecule has 0 fully saturated rings. The summed E-state index contributed by atoms with van der Waals surface area (Å²) in [7, 11) is 0. The van der Waals surface area contributed by atoms with Crippen LogP contribution in [0.25, 0.3) is 5.73 Å². The molecule has 0 saturated heterocycles. The topological polar surface area (TPSA) is 23.8 Å². The molecular weight excluding hydrogens is 169 g/mol. The quantitative estimate of drug-likeness (QED) is 0.548. The Morgan fingerprint density at radius 3 is 1.50 bits per heavy atom. The van der Waals surface area contributed by atoms with Crippen LogP contribution >= 0.6 is 0 Å². The zero-order chi connectivity index (χ0) is 5.11. The van der Waals surface area contributed by atoms with E-state index in [2.05, 4.69) is 0 Å². The van der Waals surface area contributed by atoms with Gasteiger partial charge < -0.3 is 20.6 Å². The molecule has 1 rings (SSSR count). The Hall–Kier alpha value is -0.474. The van der Waals surface area contributed by atoms with Gasteiger partial charge >= 0.3 is 16.8 Å². The molecule has 1 N–H and O–H groups in total. The zero-order valence-corrected chi connectivity index (χ0v) is 7.26. The van der Waals surface area contributed by atoms with Crippen LogP contribution in [-0.2, 0) is 16.8 Å². The van der Waals surface area contributed by atoms with Crippen LogP contribution < -0.4 is 0 Å². The molecule has 1 nitrogen and oxygen atoms in total. The fourth-order valence-corrected chi connectivity index (χ4v) is 0.438. The van der Waals surface area contributed by atoms with Gasteiger partial charge in [0.2, 0.25) is 0 Å². The predicted molar refractivity (Wildman–Crippen MR) is 43.3 cm³/mol. The normalized spacial score (nSPS) is 6.00. The van der Waals surface area contributed by atoms with Crippen LogP contribution in [0.3, 0.4) is 0 Å². The van der Waals surface area contributed by atoms with Crippen LogP contribution in [0.2, 0.25) is 0 Å². The maximum atomic E-state index is 7.00. The third-order valence-electron chi connectivity index (χ3n) is 0.774. The maximum absolute atomic E-state index is 7.00. The Balaban J connectivity index is -0.000000163. The van der Waals surface area contributed by atoms with Gasteiger partial charge in [-0.3, -0.25) is 0 Å². The molecule has 0 unspecified atom stereocenters. The van der Waals surface area contributed by atoms with Crippen molar-refractivity contribution in [3.05, 3.63) is 50.9 Å². The molecule has 2 heteroatoms. The fraction of sp³-hybridized carbons (Fsp3) is 0. The van der Waals surface area contributed by atoms with Crippen molar-refractivity contribution in [2.45, 2.75) is 0 Å². The molecule has 0 aliphatic rings. The van der Waals surface area contributed by atoms with Gasteiger partial charge in [0.25, 0.3) is 0 Å². The molecule has 0 spiro atoms. The largest absolute Gasteiger partial charge is 3.00 e. The van der Waals surface area contributed by atoms with E-state index >= 15 is 0 Å². The van der Waals surface area contributed by atoms with Gasteiger partial charge in [0.1, 0.15) is 0 Å². The van der Waals surface area contributed by atoms with Crippen molar-refractivity contribution < 1.29 is 16.8 Å². The van der Waals surface area contributed by atoms with Crippen LogP contribution in [-0.4, -0.2) is 0 Å². The van der Waals surface area contributed by atoms with E-state index in [4.69, 9.17) is 5.73 Å². The first kappa shape index (κ1) is 16.3. The Bertz CT molecular complexity index is 139. The average Bonchev–Trinajstić information content (AvgIpc) is 1.69. The molecule has 0 radical (unpaired) electrons. The summed E-state index contributed by atoms with van der Waals surface area (Å²) in [4.78, 5) is 0. The maximum Gasteiger partial charge on any atom is 3.00 e. The van der Waals surface area contributed by atoms with Crippen molar-refractivity contribution >= 4 is 5.69 Å². The minimum Gasteiger partial charge on any atom is -0.699 e. The van der Waals surface area contributed by atoms with Crippen molar-refractivity contribution in [1.82, 2.24) is 0 Å². The summed E-state index contributed by atoms with van der Waals surface area (Å²) in [6, 6.07) is 9.10. The molecule has 1 aromatic carbocycles. The number of nitrogens with one attached hydrogen (secondary N) is 1. The molecule has 1 aromatic rings. The van der Waals surface area contributed by atoms with Gasteiger partial charge in [-0.2, -0.15) is 0 Å². The summed E-state index contributed by atoms with van der Waals surface area (Å²) in [6.07, 6.45) is 0. The van der Waals surface area contributed by atoms with Gasteiger partial charge in [-0.25, -0.2) is 0 Å². The minimum atomic E-state index is 0. The molecule has 58 valence electrons. The number of hydrogen-bond acceptors (Lipinski definition) is 0. The summed E-state index contributed by atoms with van der Waals surface area (Å²) in [5.41, 5.74) is 7.57. The van der Waals surface area contributed by atoms with Gasteiger partial charge in [-0.1, -0.05) is 30.3 Å². The minimum absolute atomic E-state index is 0. The third-order valence-corrected chi connectivity index (χ3v) is 0.774. The summed E-state index contributed by atoms with van der Waals surface area (Å²) in [6.45, 7) is 0. The average molecular weight is 181 g/mol. The summed E-state index contributed by atoms with van der Waals surface area (Å²) in [5, 5.41) is 0. The third kappa shape index (κ3) is 5.66. The van der Waals surface area contributed by atoms with Crippen molar-refractivity contribution in [3.63, 3.8) is 0 Å². The Labute approximate surface area is 73.8 Å². The van der Waals surface area contributed by atoms with Crippen molar-refractivity contribution in [2.75, 3.05) is 0 Å². The summed E-state index contributed by atoms with van der Waals surface area (Å²) < 4.78 is 0. The van der Waals surface area contributed by atoms with E-state index in [0.29, 0.717) is 5.69 Å². The number of benzene rings is 1. The monoisotopic (exact) mass is 181 g/mol. The molecule has 0 atom stereocenters. The second-order valence-corrected chi connectivity index (χ2v) is 1.37. The van der Waals surface area contributed by atoms with Crippen LogP contribution in [0.15, 0.2) is 30.3 Å². The molecule has 10 heavy (non-hydrogen) atoms. The molecule has 0 amide bonds. The first-order chi connectivity index (χ1) is 3.39. The molecule has 0 aliphatic carbocycles. The van der Waals surface area contributed by atoms with Gasteiger partial charge in [0.15, 0.2) is 0 Å². The van der Waals surface area contributed by atoms with Crippen molar-refractivity contribution in [1.29, 1.82) is 0 Å². The van der Waals surface area contributed by atoms with E-state index in [-0.39, 0.29) is 31.6 Å². The van der Waals surface area contributed by atoms with Crippen LogP contribution in [0.4, 0.5) is 5.69 Å². The molecule has 0 aromatic heterocycles. The van der Waals surface area contributed by atoms with E-state index < -0.39 is 0 Å². The number of rotatable bonds is 0. The number of hydrogen-bond donors (Lipinski definition) is 0.